The van der Waals surface area contributed by atoms with E-state index in [0.717, 1.165) is 41.8 Å². The number of nitrogens with zero attached hydrogens (tertiary/aromatic N) is 2. The number of aliphatic hydroxyl groups excluding tert-OH is 1. The Kier molecular flexibility index (Phi) is 4.99. The van der Waals surface area contributed by atoms with Gasteiger partial charge in [-0.3, -0.25) is 9.69 Å². The zero-order valence-corrected chi connectivity index (χ0v) is 15.7. The first kappa shape index (κ1) is 17.3. The Hall–Kier alpha value is -1.15. The van der Waals surface area contributed by atoms with Crippen molar-refractivity contribution in [2.45, 2.75) is 18.5 Å². The summed E-state index contributed by atoms with van der Waals surface area (Å²) in [7, 11) is 0. The number of nitrogens with one attached hydrogen (secondary N) is 1. The molecule has 6 nitrogen and oxygen atoms in total. The maximum atomic E-state index is 13.0. The molecule has 136 valence electrons. The summed E-state index contributed by atoms with van der Waals surface area (Å²) in [6, 6.07) is 6.17. The molecule has 1 aromatic rings. The summed E-state index contributed by atoms with van der Waals surface area (Å²) < 4.78 is 6.39. The molecule has 2 fully saturated rings. The molecule has 3 aliphatic heterocycles. The summed E-state index contributed by atoms with van der Waals surface area (Å²) in [6.07, 6.45) is 0.920. The molecule has 4 rings (SSSR count). The Labute approximate surface area is 156 Å². The summed E-state index contributed by atoms with van der Waals surface area (Å²) in [5, 5.41) is 13.3. The minimum Gasteiger partial charge on any atom is -0.394 e. The van der Waals surface area contributed by atoms with E-state index in [1.807, 2.05) is 17.0 Å². The molecule has 2 saturated heterocycles. The predicted molar refractivity (Wildman–Crippen MR) is 98.5 cm³/mol. The fourth-order valence-electron chi connectivity index (χ4n) is 4.35. The molecular formula is C18H24BrN3O3. The van der Waals surface area contributed by atoms with E-state index in [4.69, 9.17) is 4.74 Å². The highest BCUT2D eigenvalue weighted by molar-refractivity contribution is 9.10. The molecule has 0 radical (unpaired) electrons. The van der Waals surface area contributed by atoms with Crippen LogP contribution in [0.1, 0.15) is 18.0 Å². The molecule has 0 bridgehead atoms. The van der Waals surface area contributed by atoms with E-state index in [9.17, 15) is 9.90 Å². The SMILES string of the molecule is O=C(CN1CCOCC1)N1CC[C@H]2[C@H](CO)Nc3ccc(Br)cc3[C@H]21. The standard InChI is InChI=1S/C18H24BrN3O3/c19-12-1-2-15-14(9-12)18-13(16(11-23)20-15)3-4-22(18)17(24)10-21-5-7-25-8-6-21/h1-2,9,13,16,18,20,23H,3-8,10-11H2/t13-,16-,18-/m0/s1. The van der Waals surface area contributed by atoms with Gasteiger partial charge in [0.25, 0.3) is 0 Å². The van der Waals surface area contributed by atoms with Crippen LogP contribution in [-0.2, 0) is 9.53 Å². The van der Waals surface area contributed by atoms with Crippen molar-refractivity contribution in [3.63, 3.8) is 0 Å². The molecule has 2 N–H and O–H groups in total. The second-order valence-corrected chi connectivity index (χ2v) is 7.95. The van der Waals surface area contributed by atoms with E-state index in [1.54, 1.807) is 0 Å². The van der Waals surface area contributed by atoms with Crippen molar-refractivity contribution in [1.29, 1.82) is 0 Å². The van der Waals surface area contributed by atoms with E-state index in [2.05, 4.69) is 32.2 Å². The van der Waals surface area contributed by atoms with Crippen LogP contribution in [0.4, 0.5) is 5.69 Å². The molecule has 0 unspecified atom stereocenters. The van der Waals surface area contributed by atoms with Crippen LogP contribution in [0.15, 0.2) is 22.7 Å². The van der Waals surface area contributed by atoms with Crippen molar-refractivity contribution in [3.8, 4) is 0 Å². The lowest BCUT2D eigenvalue weighted by atomic mass is 9.83. The number of morpholine rings is 1. The Bertz CT molecular complexity index is 650. The number of rotatable bonds is 3. The van der Waals surface area contributed by atoms with Gasteiger partial charge >= 0.3 is 0 Å². The molecule has 7 heteroatoms. The number of hydrogen-bond acceptors (Lipinski definition) is 5. The maximum Gasteiger partial charge on any atom is 0.237 e. The average molecular weight is 410 g/mol. The van der Waals surface area contributed by atoms with Crippen molar-refractivity contribution in [1.82, 2.24) is 9.80 Å². The molecule has 1 amide bonds. The Morgan fingerprint density at radius 2 is 2.12 bits per heavy atom. The van der Waals surface area contributed by atoms with Gasteiger partial charge in [0.2, 0.25) is 5.91 Å². The smallest absolute Gasteiger partial charge is 0.237 e. The van der Waals surface area contributed by atoms with Crippen molar-refractivity contribution in [2.75, 3.05) is 51.3 Å². The van der Waals surface area contributed by atoms with E-state index >= 15 is 0 Å². The van der Waals surface area contributed by atoms with Crippen LogP contribution in [0.2, 0.25) is 0 Å². The largest absolute Gasteiger partial charge is 0.394 e. The lowest BCUT2D eigenvalue weighted by Crippen LogP contribution is -2.47. The summed E-state index contributed by atoms with van der Waals surface area (Å²) in [6.45, 7) is 4.32. The third-order valence-corrected chi connectivity index (χ3v) is 6.11. The van der Waals surface area contributed by atoms with Gasteiger partial charge in [-0.1, -0.05) is 15.9 Å². The maximum absolute atomic E-state index is 13.0. The lowest BCUT2D eigenvalue weighted by molar-refractivity contribution is -0.134. The number of fused-ring (bicyclic) bond motifs is 3. The number of carbonyl (C=O) groups is 1. The topological polar surface area (TPSA) is 65.0 Å². The van der Waals surface area contributed by atoms with Gasteiger partial charge in [-0.05, 0) is 30.2 Å². The molecule has 1 aromatic carbocycles. The number of hydrogen-bond donors (Lipinski definition) is 2. The Morgan fingerprint density at radius 1 is 1.32 bits per heavy atom. The zero-order valence-electron chi connectivity index (χ0n) is 14.2. The van der Waals surface area contributed by atoms with Crippen molar-refractivity contribution in [3.05, 3.63) is 28.2 Å². The Balaban J connectivity index is 1.59. The van der Waals surface area contributed by atoms with Crippen molar-refractivity contribution >= 4 is 27.5 Å². The van der Waals surface area contributed by atoms with Gasteiger partial charge in [0, 0.05) is 35.7 Å². The van der Waals surface area contributed by atoms with Crippen LogP contribution in [-0.4, -0.2) is 72.9 Å². The third kappa shape index (κ3) is 3.30. The Morgan fingerprint density at radius 3 is 2.88 bits per heavy atom. The number of halogens is 1. The molecule has 3 heterocycles. The monoisotopic (exact) mass is 409 g/mol. The first-order valence-corrected chi connectivity index (χ1v) is 9.73. The van der Waals surface area contributed by atoms with Crippen LogP contribution < -0.4 is 5.32 Å². The predicted octanol–water partition coefficient (Wildman–Crippen LogP) is 1.46. The van der Waals surface area contributed by atoms with Crippen molar-refractivity contribution in [2.24, 2.45) is 5.92 Å². The number of benzene rings is 1. The third-order valence-electron chi connectivity index (χ3n) is 5.61. The number of amides is 1. The van der Waals surface area contributed by atoms with Crippen LogP contribution in [0, 0.1) is 5.92 Å². The van der Waals surface area contributed by atoms with Crippen LogP contribution >= 0.6 is 15.9 Å². The highest BCUT2D eigenvalue weighted by Crippen LogP contribution is 2.47. The number of likely N-dealkylation sites (tertiary alicyclic amines) is 1. The first-order chi connectivity index (χ1) is 12.2. The number of ether oxygens (including phenoxy) is 1. The van der Waals surface area contributed by atoms with E-state index in [-0.39, 0.29) is 30.5 Å². The molecule has 0 saturated carbocycles. The van der Waals surface area contributed by atoms with Gasteiger partial charge in [-0.25, -0.2) is 0 Å². The lowest BCUT2D eigenvalue weighted by Gasteiger charge is -2.39. The van der Waals surface area contributed by atoms with Gasteiger partial charge in [0.1, 0.15) is 0 Å². The van der Waals surface area contributed by atoms with Gasteiger partial charge in [0.05, 0.1) is 38.4 Å². The molecular weight excluding hydrogens is 386 g/mol. The fourth-order valence-corrected chi connectivity index (χ4v) is 4.73. The van der Waals surface area contributed by atoms with Gasteiger partial charge in [-0.15, -0.1) is 0 Å². The molecule has 0 aliphatic carbocycles. The number of anilines is 1. The zero-order chi connectivity index (χ0) is 17.4. The second kappa shape index (κ2) is 7.23. The highest BCUT2D eigenvalue weighted by Gasteiger charge is 2.45. The normalized spacial score (nSPS) is 29.0. The molecule has 0 spiro atoms. The minimum absolute atomic E-state index is 0.000128. The van der Waals surface area contributed by atoms with Gasteiger partial charge < -0.3 is 20.1 Å². The van der Waals surface area contributed by atoms with Crippen molar-refractivity contribution < 1.29 is 14.6 Å². The highest BCUT2D eigenvalue weighted by atomic mass is 79.9. The molecule has 0 aromatic heterocycles. The van der Waals surface area contributed by atoms with Gasteiger partial charge in [-0.2, -0.15) is 0 Å². The quantitative estimate of drug-likeness (QED) is 0.790. The average Bonchev–Trinajstić information content (AvgIpc) is 3.07. The van der Waals surface area contributed by atoms with Gasteiger partial charge in [0.15, 0.2) is 0 Å². The first-order valence-electron chi connectivity index (χ1n) is 8.94. The summed E-state index contributed by atoms with van der Waals surface area (Å²) >= 11 is 3.55. The van der Waals surface area contributed by atoms with Crippen LogP contribution in [0.3, 0.4) is 0 Å². The molecule has 25 heavy (non-hydrogen) atoms. The van der Waals surface area contributed by atoms with Crippen LogP contribution in [0.5, 0.6) is 0 Å². The summed E-state index contributed by atoms with van der Waals surface area (Å²) in [4.78, 5) is 17.2. The van der Waals surface area contributed by atoms with E-state index < -0.39 is 0 Å². The minimum atomic E-state index is -0.000128. The van der Waals surface area contributed by atoms with E-state index in [1.165, 1.54) is 0 Å². The molecule has 3 atom stereocenters. The summed E-state index contributed by atoms with van der Waals surface area (Å²) in [5.41, 5.74) is 2.17. The number of aliphatic hydroxyl groups is 1. The number of carbonyl (C=O) groups excluding carboxylic acids is 1. The fraction of sp³-hybridized carbons (Fsp3) is 0.611. The van der Waals surface area contributed by atoms with E-state index in [0.29, 0.717) is 19.8 Å². The summed E-state index contributed by atoms with van der Waals surface area (Å²) in [5.74, 6) is 0.430. The van der Waals surface area contributed by atoms with Crippen LogP contribution in [0.25, 0.3) is 0 Å². The molecule has 3 aliphatic rings. The second-order valence-electron chi connectivity index (χ2n) is 7.04.